The molecule has 2 rings (SSSR count). The van der Waals surface area contributed by atoms with Gasteiger partial charge in [0.05, 0.1) is 0 Å². The molecule has 4 nitrogen and oxygen atoms in total. The molecule has 0 spiro atoms. The van der Waals surface area contributed by atoms with Crippen molar-refractivity contribution >= 4 is 17.2 Å². The quantitative estimate of drug-likeness (QED) is 0.801. The summed E-state index contributed by atoms with van der Waals surface area (Å²) in [5, 5.41) is 2.96. The fourth-order valence-corrected chi connectivity index (χ4v) is 2.69. The van der Waals surface area contributed by atoms with Crippen molar-refractivity contribution in [2.75, 3.05) is 0 Å². The van der Waals surface area contributed by atoms with Crippen LogP contribution in [0.1, 0.15) is 41.0 Å². The van der Waals surface area contributed by atoms with Crippen LogP contribution < -0.4 is 10.2 Å². The van der Waals surface area contributed by atoms with Crippen LogP contribution in [0.2, 0.25) is 0 Å². The van der Waals surface area contributed by atoms with Crippen molar-refractivity contribution in [2.24, 2.45) is 0 Å². The second kappa shape index (κ2) is 4.18. The number of carbonyl (C=O) groups excluding carboxylic acids is 1. The van der Waals surface area contributed by atoms with Crippen molar-refractivity contribution in [1.82, 2.24) is 10.3 Å². The number of H-pyrrole nitrogens is 1. The van der Waals surface area contributed by atoms with E-state index in [2.05, 4.69) is 10.3 Å². The zero-order valence-electron chi connectivity index (χ0n) is 8.63. The molecule has 1 saturated carbocycles. The monoisotopic (exact) mass is 226 g/mol. The first-order chi connectivity index (χ1) is 7.16. The van der Waals surface area contributed by atoms with E-state index in [-0.39, 0.29) is 10.8 Å². The van der Waals surface area contributed by atoms with Gasteiger partial charge in [0.2, 0.25) is 0 Å². The lowest BCUT2D eigenvalue weighted by Crippen LogP contribution is -2.32. The molecule has 82 valence electrons. The second-order valence-corrected chi connectivity index (χ2v) is 4.91. The highest BCUT2D eigenvalue weighted by Crippen LogP contribution is 2.18. The van der Waals surface area contributed by atoms with Crippen LogP contribution in [0.5, 0.6) is 0 Å². The lowest BCUT2D eigenvalue weighted by atomic mass is 10.2. The third-order valence-electron chi connectivity index (χ3n) is 2.72. The van der Waals surface area contributed by atoms with Crippen molar-refractivity contribution in [1.29, 1.82) is 0 Å². The van der Waals surface area contributed by atoms with E-state index in [1.807, 2.05) is 0 Å². The van der Waals surface area contributed by atoms with E-state index in [0.717, 1.165) is 24.2 Å². The highest BCUT2D eigenvalue weighted by atomic mass is 32.1. The number of hydrogen-bond acceptors (Lipinski definition) is 3. The van der Waals surface area contributed by atoms with Gasteiger partial charge in [0.15, 0.2) is 0 Å². The first kappa shape index (κ1) is 10.4. The van der Waals surface area contributed by atoms with Crippen molar-refractivity contribution in [2.45, 2.75) is 38.6 Å². The van der Waals surface area contributed by atoms with E-state index in [9.17, 15) is 9.59 Å². The zero-order valence-corrected chi connectivity index (χ0v) is 9.45. The Hall–Kier alpha value is -1.10. The van der Waals surface area contributed by atoms with E-state index in [4.69, 9.17) is 0 Å². The smallest absolute Gasteiger partial charge is 0.305 e. The van der Waals surface area contributed by atoms with Crippen LogP contribution >= 0.6 is 11.3 Å². The number of hydrogen-bond donors (Lipinski definition) is 2. The minimum absolute atomic E-state index is 0.109. The van der Waals surface area contributed by atoms with Gasteiger partial charge in [-0.2, -0.15) is 0 Å². The standard InChI is InChI=1S/C10H14N2O2S/c1-6-8(15-10(14)11-6)9(13)12-7-4-2-3-5-7/h7H,2-5H2,1H3,(H,11,14)(H,12,13). The number of carbonyl (C=O) groups is 1. The maximum atomic E-state index is 11.8. The first-order valence-electron chi connectivity index (χ1n) is 5.17. The lowest BCUT2D eigenvalue weighted by Gasteiger charge is -2.10. The summed E-state index contributed by atoms with van der Waals surface area (Å²) in [4.78, 5) is 25.8. The van der Waals surface area contributed by atoms with Gasteiger partial charge >= 0.3 is 4.87 Å². The van der Waals surface area contributed by atoms with Crippen molar-refractivity contribution < 1.29 is 4.79 Å². The van der Waals surface area contributed by atoms with Crippen LogP contribution in [-0.2, 0) is 0 Å². The van der Waals surface area contributed by atoms with Gasteiger partial charge in [0, 0.05) is 11.7 Å². The Morgan fingerprint density at radius 2 is 2.13 bits per heavy atom. The average molecular weight is 226 g/mol. The Bertz CT molecular complexity index is 415. The van der Waals surface area contributed by atoms with Gasteiger partial charge < -0.3 is 10.3 Å². The van der Waals surface area contributed by atoms with Crippen LogP contribution in [0.15, 0.2) is 4.79 Å². The van der Waals surface area contributed by atoms with E-state index >= 15 is 0 Å². The molecule has 1 heterocycles. The van der Waals surface area contributed by atoms with Crippen molar-refractivity contribution in [3.8, 4) is 0 Å². The summed E-state index contributed by atoms with van der Waals surface area (Å²) in [5.74, 6) is -0.109. The number of aromatic nitrogens is 1. The molecule has 1 aromatic rings. The largest absolute Gasteiger partial charge is 0.349 e. The molecule has 0 bridgehead atoms. The zero-order chi connectivity index (χ0) is 10.8. The minimum atomic E-state index is -0.163. The molecule has 5 heteroatoms. The number of aryl methyl sites for hydroxylation is 1. The van der Waals surface area contributed by atoms with E-state index < -0.39 is 0 Å². The van der Waals surface area contributed by atoms with Gasteiger partial charge in [-0.1, -0.05) is 24.2 Å². The summed E-state index contributed by atoms with van der Waals surface area (Å²) in [6, 6.07) is 0.300. The number of thiazole rings is 1. The molecule has 1 aliphatic rings. The van der Waals surface area contributed by atoms with Crippen LogP contribution in [0, 0.1) is 6.92 Å². The Morgan fingerprint density at radius 3 is 2.67 bits per heavy atom. The fraction of sp³-hybridized carbons (Fsp3) is 0.600. The molecule has 0 atom stereocenters. The fourth-order valence-electron chi connectivity index (χ4n) is 1.94. The number of amides is 1. The SMILES string of the molecule is Cc1[nH]c(=O)sc1C(=O)NC1CCCC1. The van der Waals surface area contributed by atoms with Gasteiger partial charge in [-0.15, -0.1) is 0 Å². The van der Waals surface area contributed by atoms with E-state index in [0.29, 0.717) is 16.6 Å². The summed E-state index contributed by atoms with van der Waals surface area (Å²) in [5.41, 5.74) is 0.667. The summed E-state index contributed by atoms with van der Waals surface area (Å²) in [6.07, 6.45) is 4.49. The Labute approximate surface area is 91.7 Å². The third kappa shape index (κ3) is 2.28. The van der Waals surface area contributed by atoms with Crippen LogP contribution in [0.4, 0.5) is 0 Å². The molecular weight excluding hydrogens is 212 g/mol. The highest BCUT2D eigenvalue weighted by molar-refractivity contribution is 7.11. The molecule has 15 heavy (non-hydrogen) atoms. The molecule has 1 fully saturated rings. The number of aromatic amines is 1. The van der Waals surface area contributed by atoms with Gasteiger partial charge in [0.25, 0.3) is 5.91 Å². The van der Waals surface area contributed by atoms with Crippen LogP contribution in [-0.4, -0.2) is 16.9 Å². The molecule has 0 unspecified atom stereocenters. The lowest BCUT2D eigenvalue weighted by molar-refractivity contribution is 0.0941. The minimum Gasteiger partial charge on any atom is -0.349 e. The maximum absolute atomic E-state index is 11.8. The van der Waals surface area contributed by atoms with Gasteiger partial charge in [-0.25, -0.2) is 0 Å². The topological polar surface area (TPSA) is 62.0 Å². The van der Waals surface area contributed by atoms with Crippen LogP contribution in [0.25, 0.3) is 0 Å². The first-order valence-corrected chi connectivity index (χ1v) is 5.99. The summed E-state index contributed by atoms with van der Waals surface area (Å²) < 4.78 is 0. The summed E-state index contributed by atoms with van der Waals surface area (Å²) in [6.45, 7) is 1.75. The van der Waals surface area contributed by atoms with Crippen molar-refractivity contribution in [3.63, 3.8) is 0 Å². The Kier molecular flexibility index (Phi) is 2.90. The summed E-state index contributed by atoms with van der Waals surface area (Å²) in [7, 11) is 0. The number of nitrogens with one attached hydrogen (secondary N) is 2. The molecule has 0 radical (unpaired) electrons. The van der Waals surface area contributed by atoms with Gasteiger partial charge in [-0.05, 0) is 19.8 Å². The van der Waals surface area contributed by atoms with E-state index in [1.165, 1.54) is 12.8 Å². The normalized spacial score (nSPS) is 16.9. The number of rotatable bonds is 2. The van der Waals surface area contributed by atoms with Crippen LogP contribution in [0.3, 0.4) is 0 Å². The van der Waals surface area contributed by atoms with E-state index in [1.54, 1.807) is 6.92 Å². The van der Waals surface area contributed by atoms with Gasteiger partial charge in [0.1, 0.15) is 4.88 Å². The van der Waals surface area contributed by atoms with Crippen molar-refractivity contribution in [3.05, 3.63) is 20.2 Å². The third-order valence-corrected chi connectivity index (χ3v) is 3.70. The Balaban J connectivity index is 2.07. The molecule has 0 saturated heterocycles. The van der Waals surface area contributed by atoms with Gasteiger partial charge in [-0.3, -0.25) is 9.59 Å². The maximum Gasteiger partial charge on any atom is 0.305 e. The molecule has 0 aliphatic heterocycles. The molecule has 1 amide bonds. The molecule has 1 aliphatic carbocycles. The highest BCUT2D eigenvalue weighted by Gasteiger charge is 2.20. The predicted molar refractivity (Wildman–Crippen MR) is 59.4 cm³/mol. The summed E-state index contributed by atoms with van der Waals surface area (Å²) >= 11 is 0.983. The molecular formula is C10H14N2O2S. The predicted octanol–water partition coefficient (Wildman–Crippen LogP) is 1.42. The Morgan fingerprint density at radius 1 is 1.47 bits per heavy atom. The average Bonchev–Trinajstić information content (AvgIpc) is 2.75. The molecule has 1 aromatic heterocycles. The molecule has 0 aromatic carbocycles. The second-order valence-electron chi connectivity index (χ2n) is 3.92. The molecule has 2 N–H and O–H groups in total.